The van der Waals surface area contributed by atoms with Gasteiger partial charge in [0.2, 0.25) is 5.91 Å². The fraction of sp³-hybridized carbons (Fsp3) is 0.412. The number of nitrogens with zero attached hydrogens (tertiary/aromatic N) is 1. The molecule has 1 amide bonds. The highest BCUT2D eigenvalue weighted by atomic mass is 32.2. The van der Waals surface area contributed by atoms with Gasteiger partial charge in [-0.05, 0) is 18.9 Å². The first-order chi connectivity index (χ1) is 11.9. The molecule has 8 heteroatoms. The van der Waals surface area contributed by atoms with Crippen molar-refractivity contribution in [2.24, 2.45) is 11.7 Å². The van der Waals surface area contributed by atoms with Crippen LogP contribution in [0, 0.1) is 5.92 Å². The van der Waals surface area contributed by atoms with Crippen molar-refractivity contribution in [1.29, 1.82) is 0 Å². The zero-order valence-corrected chi connectivity index (χ0v) is 15.3. The summed E-state index contributed by atoms with van der Waals surface area (Å²) in [4.78, 5) is 25.0. The fourth-order valence-corrected chi connectivity index (χ4v) is 5.91. The molecule has 1 fully saturated rings. The second kappa shape index (κ2) is 7.41. The van der Waals surface area contributed by atoms with Crippen LogP contribution in [-0.2, 0) is 16.0 Å². The maximum absolute atomic E-state index is 12.1. The van der Waals surface area contributed by atoms with Gasteiger partial charge in [-0.25, -0.2) is 4.79 Å². The predicted molar refractivity (Wildman–Crippen MR) is 98.6 cm³/mol. The lowest BCUT2D eigenvalue weighted by Gasteiger charge is -2.43. The van der Waals surface area contributed by atoms with E-state index >= 15 is 0 Å². The molecule has 2 heterocycles. The van der Waals surface area contributed by atoms with Gasteiger partial charge in [-0.1, -0.05) is 42.1 Å². The van der Waals surface area contributed by atoms with Crippen LogP contribution in [0.5, 0.6) is 0 Å². The van der Waals surface area contributed by atoms with E-state index in [0.29, 0.717) is 16.4 Å². The van der Waals surface area contributed by atoms with Gasteiger partial charge in [0.05, 0.1) is 16.3 Å². The second-order valence-electron chi connectivity index (χ2n) is 6.19. The number of hydrogen-bond donors (Lipinski definition) is 3. The number of β-lactam (4-membered cyclic amide) rings is 1. The van der Waals surface area contributed by atoms with Crippen molar-refractivity contribution in [2.45, 2.75) is 30.9 Å². The molecular weight excluding hydrogens is 360 g/mol. The molecule has 4 N–H and O–H groups in total. The van der Waals surface area contributed by atoms with E-state index in [9.17, 15) is 19.8 Å². The fourth-order valence-electron chi connectivity index (χ4n) is 3.01. The van der Waals surface area contributed by atoms with Crippen LogP contribution in [0.15, 0.2) is 40.3 Å². The Balaban J connectivity index is 1.65. The van der Waals surface area contributed by atoms with E-state index in [1.807, 2.05) is 30.3 Å². The lowest BCUT2D eigenvalue weighted by Crippen LogP contribution is -2.60. The van der Waals surface area contributed by atoms with Gasteiger partial charge in [0.1, 0.15) is 5.37 Å². The number of carbonyl (C=O) groups is 2. The number of thioether (sulfide) groups is 2. The minimum Gasteiger partial charge on any atom is -0.477 e. The number of benzene rings is 1. The normalized spacial score (nSPS) is 24.8. The summed E-state index contributed by atoms with van der Waals surface area (Å²) < 4.78 is 0.595. The molecule has 0 radical (unpaired) electrons. The van der Waals surface area contributed by atoms with Crippen LogP contribution in [0.4, 0.5) is 0 Å². The van der Waals surface area contributed by atoms with Crippen LogP contribution in [0.3, 0.4) is 0 Å². The molecule has 0 unspecified atom stereocenters. The lowest BCUT2D eigenvalue weighted by atomic mass is 9.92. The van der Waals surface area contributed by atoms with Crippen LogP contribution in [-0.4, -0.2) is 50.3 Å². The van der Waals surface area contributed by atoms with Crippen molar-refractivity contribution >= 4 is 35.4 Å². The first-order valence-electron chi connectivity index (χ1n) is 7.97. The minimum atomic E-state index is -1.12. The second-order valence-corrected chi connectivity index (χ2v) is 8.60. The highest BCUT2D eigenvalue weighted by Crippen LogP contribution is 2.53. The molecule has 0 saturated carbocycles. The Bertz CT molecular complexity index is 708. The number of carbonyl (C=O) groups excluding carboxylic acids is 1. The highest BCUT2D eigenvalue weighted by molar-refractivity contribution is 8.22. The van der Waals surface area contributed by atoms with E-state index in [1.54, 1.807) is 6.92 Å². The van der Waals surface area contributed by atoms with Gasteiger partial charge >= 0.3 is 5.97 Å². The Morgan fingerprint density at radius 1 is 1.40 bits per heavy atom. The minimum absolute atomic E-state index is 0.0220. The smallest absolute Gasteiger partial charge is 0.354 e. The number of fused-ring (bicyclic) bond motifs is 1. The molecule has 25 heavy (non-hydrogen) atoms. The first-order valence-corrected chi connectivity index (χ1v) is 9.84. The number of amides is 1. The molecule has 0 aliphatic carbocycles. The Labute approximate surface area is 154 Å². The maximum atomic E-state index is 12.1. The molecule has 1 saturated heterocycles. The summed E-state index contributed by atoms with van der Waals surface area (Å²) in [5, 5.41) is 18.9. The molecule has 2 aliphatic rings. The third-order valence-corrected chi connectivity index (χ3v) is 7.08. The molecule has 6 nitrogen and oxygen atoms in total. The van der Waals surface area contributed by atoms with Crippen molar-refractivity contribution in [1.82, 2.24) is 4.90 Å². The van der Waals surface area contributed by atoms with Crippen LogP contribution in [0.1, 0.15) is 12.5 Å². The molecular formula is C17H20N2O4S2. The number of carboxylic acids is 1. The number of rotatable bonds is 7. The summed E-state index contributed by atoms with van der Waals surface area (Å²) in [6.07, 6.45) is -0.0858. The van der Waals surface area contributed by atoms with Gasteiger partial charge in [-0.3, -0.25) is 9.69 Å². The Morgan fingerprint density at radius 2 is 2.08 bits per heavy atom. The summed E-state index contributed by atoms with van der Waals surface area (Å²) in [5.74, 6) is -1.43. The number of hydrogen-bond acceptors (Lipinski definition) is 6. The van der Waals surface area contributed by atoms with Gasteiger partial charge in [0.25, 0.3) is 0 Å². The Morgan fingerprint density at radius 3 is 2.68 bits per heavy atom. The zero-order valence-electron chi connectivity index (χ0n) is 13.7. The number of aliphatic hydroxyl groups is 1. The number of aliphatic carboxylic acids is 1. The van der Waals surface area contributed by atoms with Crippen LogP contribution in [0.2, 0.25) is 0 Å². The van der Waals surface area contributed by atoms with E-state index in [1.165, 1.54) is 28.4 Å². The number of carboxylic acid groups (broad SMARTS) is 1. The van der Waals surface area contributed by atoms with Gasteiger partial charge in [-0.15, -0.1) is 11.8 Å². The molecule has 1 aromatic carbocycles. The number of aliphatic hydroxyl groups excluding tert-OH is 1. The summed E-state index contributed by atoms with van der Waals surface area (Å²) in [5.41, 5.74) is 7.33. The predicted octanol–water partition coefficient (Wildman–Crippen LogP) is 1.46. The van der Waals surface area contributed by atoms with E-state index in [4.69, 9.17) is 5.73 Å². The maximum Gasteiger partial charge on any atom is 0.354 e. The van der Waals surface area contributed by atoms with Crippen LogP contribution < -0.4 is 5.73 Å². The molecule has 0 aromatic heterocycles. The van der Waals surface area contributed by atoms with Crippen molar-refractivity contribution < 1.29 is 19.8 Å². The third-order valence-electron chi connectivity index (χ3n) is 4.24. The topological polar surface area (TPSA) is 104 Å². The SMILES string of the molecule is C[C@H](O)[C@@H]1C(=O)N2C(C(=O)O)=C(SC[C@@H](N)Cc3ccccc3)S[C@H]12. The molecule has 4 atom stereocenters. The van der Waals surface area contributed by atoms with Crippen molar-refractivity contribution in [3.63, 3.8) is 0 Å². The molecule has 2 aliphatic heterocycles. The van der Waals surface area contributed by atoms with Crippen LogP contribution in [0.25, 0.3) is 0 Å². The quantitative estimate of drug-likeness (QED) is 0.615. The van der Waals surface area contributed by atoms with E-state index in [0.717, 1.165) is 5.56 Å². The van der Waals surface area contributed by atoms with Gasteiger partial charge in [0, 0.05) is 11.8 Å². The molecule has 3 rings (SSSR count). The standard InChI is InChI=1S/C17H20N2O4S2/c1-9(20)12-14(21)19-13(16(22)23)17(25-15(12)19)24-8-11(18)7-10-5-3-2-4-6-10/h2-6,9,11-12,15,20H,7-8,18H2,1H3,(H,22,23)/t9-,11-,12+,15+/m0/s1. The van der Waals surface area contributed by atoms with Gasteiger partial charge in [-0.2, -0.15) is 0 Å². The van der Waals surface area contributed by atoms with E-state index in [-0.39, 0.29) is 23.0 Å². The third kappa shape index (κ3) is 3.57. The van der Waals surface area contributed by atoms with Gasteiger partial charge in [0.15, 0.2) is 5.70 Å². The average molecular weight is 380 g/mol. The Hall–Kier alpha value is -1.48. The highest BCUT2D eigenvalue weighted by Gasteiger charge is 2.57. The van der Waals surface area contributed by atoms with Crippen LogP contribution >= 0.6 is 23.5 Å². The van der Waals surface area contributed by atoms with Crippen molar-refractivity contribution in [3.8, 4) is 0 Å². The van der Waals surface area contributed by atoms with Gasteiger partial charge < -0.3 is 15.9 Å². The molecule has 0 bridgehead atoms. The first kappa shape index (κ1) is 18.3. The monoisotopic (exact) mass is 380 g/mol. The summed E-state index contributed by atoms with van der Waals surface area (Å²) in [6.45, 7) is 1.56. The van der Waals surface area contributed by atoms with Crippen molar-refractivity contribution in [2.75, 3.05) is 5.75 Å². The lowest BCUT2D eigenvalue weighted by molar-refractivity contribution is -0.156. The molecule has 1 aromatic rings. The van der Waals surface area contributed by atoms with Crippen molar-refractivity contribution in [3.05, 3.63) is 45.8 Å². The largest absolute Gasteiger partial charge is 0.477 e. The van der Waals surface area contributed by atoms with E-state index in [2.05, 4.69) is 0 Å². The average Bonchev–Trinajstić information content (AvgIpc) is 2.88. The summed E-state index contributed by atoms with van der Waals surface area (Å²) in [7, 11) is 0. The molecule has 0 spiro atoms. The Kier molecular flexibility index (Phi) is 5.43. The van der Waals surface area contributed by atoms with E-state index < -0.39 is 18.0 Å². The number of nitrogens with two attached hydrogens (primary N) is 1. The zero-order chi connectivity index (χ0) is 18.1. The summed E-state index contributed by atoms with van der Waals surface area (Å²) >= 11 is 2.71. The molecule has 134 valence electrons. The summed E-state index contributed by atoms with van der Waals surface area (Å²) in [6, 6.07) is 9.76.